The van der Waals surface area contributed by atoms with Crippen molar-refractivity contribution in [1.82, 2.24) is 20.1 Å². The lowest BCUT2D eigenvalue weighted by Crippen LogP contribution is -2.54. The molecule has 2 aromatic rings. The van der Waals surface area contributed by atoms with Gasteiger partial charge in [-0.1, -0.05) is 0 Å². The Morgan fingerprint density at radius 3 is 2.77 bits per heavy atom. The van der Waals surface area contributed by atoms with Gasteiger partial charge in [-0.15, -0.1) is 0 Å². The zero-order valence-corrected chi connectivity index (χ0v) is 17.8. The molecule has 0 bridgehead atoms. The van der Waals surface area contributed by atoms with Gasteiger partial charge in [-0.3, -0.25) is 14.5 Å². The second-order valence-electron chi connectivity index (χ2n) is 7.78. The summed E-state index contributed by atoms with van der Waals surface area (Å²) in [7, 11) is 1.49. The second-order valence-corrected chi connectivity index (χ2v) is 8.56. The molecule has 4 rings (SSSR count). The molecule has 9 heteroatoms. The average molecular weight is 429 g/mol. The Morgan fingerprint density at radius 1 is 1.33 bits per heavy atom. The number of carbonyl (C=O) groups excluding carboxylic acids is 3. The molecule has 2 aliphatic heterocycles. The third kappa shape index (κ3) is 3.54. The van der Waals surface area contributed by atoms with Gasteiger partial charge in [0, 0.05) is 19.3 Å². The summed E-state index contributed by atoms with van der Waals surface area (Å²) in [6.45, 7) is 3.09. The maximum Gasteiger partial charge on any atom is 0.325 e. The molecule has 2 saturated heterocycles. The Morgan fingerprint density at radius 2 is 2.10 bits per heavy atom. The number of hydrogen-bond donors (Lipinski definition) is 1. The van der Waals surface area contributed by atoms with Crippen LogP contribution in [0, 0.1) is 5.92 Å². The fraction of sp³-hybridized carbons (Fsp3) is 0.429. The number of amides is 4. The molecule has 8 nitrogen and oxygen atoms in total. The molecule has 0 radical (unpaired) electrons. The van der Waals surface area contributed by atoms with E-state index in [4.69, 9.17) is 4.74 Å². The van der Waals surface area contributed by atoms with Crippen LogP contribution in [0.4, 0.5) is 4.79 Å². The highest BCUT2D eigenvalue weighted by Crippen LogP contribution is 2.34. The number of nitrogens with zero attached hydrogens (tertiary/aromatic N) is 3. The van der Waals surface area contributed by atoms with Crippen molar-refractivity contribution >= 4 is 29.2 Å². The lowest BCUT2D eigenvalue weighted by molar-refractivity contribution is -0.133. The van der Waals surface area contributed by atoms with Crippen molar-refractivity contribution in [2.24, 2.45) is 5.92 Å². The maximum atomic E-state index is 13.1. The van der Waals surface area contributed by atoms with E-state index in [9.17, 15) is 14.4 Å². The third-order valence-corrected chi connectivity index (χ3v) is 6.75. The number of imide groups is 1. The fourth-order valence-corrected chi connectivity index (χ4v) is 4.91. The number of hydrogen-bond acceptors (Lipinski definition) is 6. The minimum atomic E-state index is -0.950. The van der Waals surface area contributed by atoms with E-state index in [1.165, 1.54) is 23.3 Å². The number of pyridine rings is 1. The van der Waals surface area contributed by atoms with Crippen LogP contribution in [0.3, 0.4) is 0 Å². The quantitative estimate of drug-likeness (QED) is 0.739. The number of nitrogens with one attached hydrogen (secondary N) is 1. The molecule has 1 N–H and O–H groups in total. The highest BCUT2D eigenvalue weighted by molar-refractivity contribution is 7.07. The molecule has 2 aromatic heterocycles. The molecular weight excluding hydrogens is 404 g/mol. The van der Waals surface area contributed by atoms with Crippen LogP contribution in [0.1, 0.15) is 35.7 Å². The van der Waals surface area contributed by atoms with Crippen LogP contribution in [0.25, 0.3) is 0 Å². The van der Waals surface area contributed by atoms with Gasteiger partial charge >= 0.3 is 6.03 Å². The van der Waals surface area contributed by atoms with Crippen LogP contribution in [0.15, 0.2) is 35.2 Å². The Hall–Kier alpha value is -2.94. The third-order valence-electron chi connectivity index (χ3n) is 6.02. The van der Waals surface area contributed by atoms with Crippen LogP contribution in [-0.4, -0.2) is 58.4 Å². The Kier molecular flexibility index (Phi) is 5.46. The minimum Gasteiger partial charge on any atom is -0.480 e. The van der Waals surface area contributed by atoms with E-state index in [-0.39, 0.29) is 30.3 Å². The number of methoxy groups -OCH3 is 1. The summed E-state index contributed by atoms with van der Waals surface area (Å²) < 4.78 is 5.20. The molecule has 2 fully saturated rings. The van der Waals surface area contributed by atoms with Crippen molar-refractivity contribution in [2.45, 2.75) is 31.8 Å². The number of piperidine rings is 1. The molecule has 0 aromatic carbocycles. The molecule has 0 unspecified atom stereocenters. The predicted molar refractivity (Wildman–Crippen MR) is 111 cm³/mol. The minimum absolute atomic E-state index is 0.0405. The first-order valence-electron chi connectivity index (χ1n) is 9.87. The topological polar surface area (TPSA) is 91.8 Å². The normalized spacial score (nSPS) is 22.3. The largest absolute Gasteiger partial charge is 0.480 e. The summed E-state index contributed by atoms with van der Waals surface area (Å²) in [5.41, 5.74) is 0.421. The van der Waals surface area contributed by atoms with Crippen molar-refractivity contribution < 1.29 is 19.1 Å². The van der Waals surface area contributed by atoms with Crippen molar-refractivity contribution in [3.05, 3.63) is 46.3 Å². The van der Waals surface area contributed by atoms with Gasteiger partial charge in [0.05, 0.1) is 13.7 Å². The van der Waals surface area contributed by atoms with Gasteiger partial charge in [-0.05, 0) is 60.2 Å². The number of rotatable bonds is 5. The van der Waals surface area contributed by atoms with Crippen LogP contribution in [-0.2, 0) is 11.3 Å². The van der Waals surface area contributed by atoms with Gasteiger partial charge in [-0.2, -0.15) is 11.3 Å². The summed E-state index contributed by atoms with van der Waals surface area (Å²) in [5.74, 6) is -0.0676. The standard InChI is InChI=1S/C21H24N4O4S/c1-21(19(27)25(20(28)23-21)12-14-7-11-30-13-14)15-5-9-24(10-6-15)18(26)16-4-3-8-22-17(16)29-2/h3-4,7-8,11,13,15H,5-6,9-10,12H2,1-2H3,(H,23,28)/t21-/m0/s1. The van der Waals surface area contributed by atoms with Crippen LogP contribution in [0.2, 0.25) is 0 Å². The van der Waals surface area contributed by atoms with E-state index in [2.05, 4.69) is 10.3 Å². The summed E-state index contributed by atoms with van der Waals surface area (Å²) in [6, 6.07) is 4.97. The van der Waals surface area contributed by atoms with E-state index in [0.29, 0.717) is 37.4 Å². The van der Waals surface area contributed by atoms with Gasteiger partial charge in [0.1, 0.15) is 11.1 Å². The van der Waals surface area contributed by atoms with Crippen LogP contribution >= 0.6 is 11.3 Å². The Balaban J connectivity index is 1.43. The summed E-state index contributed by atoms with van der Waals surface area (Å²) >= 11 is 1.54. The predicted octanol–water partition coefficient (Wildman–Crippen LogP) is 2.51. The van der Waals surface area contributed by atoms with Gasteiger partial charge < -0.3 is 15.0 Å². The zero-order chi connectivity index (χ0) is 21.3. The first-order valence-corrected chi connectivity index (χ1v) is 10.8. The Labute approximate surface area is 178 Å². The maximum absolute atomic E-state index is 13.1. The number of urea groups is 1. The molecule has 0 aliphatic carbocycles. The zero-order valence-electron chi connectivity index (χ0n) is 17.0. The number of aromatic nitrogens is 1. The summed E-state index contributed by atoms with van der Waals surface area (Å²) in [5, 5.41) is 6.78. The highest BCUT2D eigenvalue weighted by atomic mass is 32.1. The molecule has 2 aliphatic rings. The van der Waals surface area contributed by atoms with Crippen molar-refractivity contribution in [2.75, 3.05) is 20.2 Å². The first-order chi connectivity index (χ1) is 14.4. The van der Waals surface area contributed by atoms with Crippen LogP contribution in [0.5, 0.6) is 5.88 Å². The monoisotopic (exact) mass is 428 g/mol. The number of likely N-dealkylation sites (tertiary alicyclic amines) is 1. The highest BCUT2D eigenvalue weighted by Gasteiger charge is 2.52. The molecule has 0 saturated carbocycles. The smallest absolute Gasteiger partial charge is 0.325 e. The van der Waals surface area contributed by atoms with E-state index >= 15 is 0 Å². The van der Waals surface area contributed by atoms with E-state index in [1.54, 1.807) is 30.2 Å². The van der Waals surface area contributed by atoms with Gasteiger partial charge in [0.25, 0.3) is 11.8 Å². The fourth-order valence-electron chi connectivity index (χ4n) is 4.25. The van der Waals surface area contributed by atoms with Crippen molar-refractivity contribution in [1.29, 1.82) is 0 Å². The Bertz CT molecular complexity index is 956. The van der Waals surface area contributed by atoms with Gasteiger partial charge in [0.15, 0.2) is 0 Å². The molecule has 0 spiro atoms. The van der Waals surface area contributed by atoms with Crippen molar-refractivity contribution in [3.63, 3.8) is 0 Å². The van der Waals surface area contributed by atoms with E-state index in [0.717, 1.165) is 5.56 Å². The number of thiophene rings is 1. The first kappa shape index (κ1) is 20.3. The molecule has 30 heavy (non-hydrogen) atoms. The summed E-state index contributed by atoms with van der Waals surface area (Å²) in [4.78, 5) is 45.7. The second kappa shape index (κ2) is 8.06. The lowest BCUT2D eigenvalue weighted by atomic mass is 9.78. The number of ether oxygens (including phenoxy) is 1. The summed E-state index contributed by atoms with van der Waals surface area (Å²) in [6.07, 6.45) is 2.84. The lowest BCUT2D eigenvalue weighted by Gasteiger charge is -2.39. The molecular formula is C21H24N4O4S. The average Bonchev–Trinajstić information content (AvgIpc) is 3.36. The van der Waals surface area contributed by atoms with Gasteiger partial charge in [0.2, 0.25) is 5.88 Å². The van der Waals surface area contributed by atoms with Crippen molar-refractivity contribution in [3.8, 4) is 5.88 Å². The van der Waals surface area contributed by atoms with Gasteiger partial charge in [-0.25, -0.2) is 9.78 Å². The molecule has 4 amide bonds. The van der Waals surface area contributed by atoms with E-state index in [1.807, 2.05) is 16.8 Å². The molecule has 158 valence electrons. The molecule has 1 atom stereocenters. The van der Waals surface area contributed by atoms with Crippen LogP contribution < -0.4 is 10.1 Å². The number of carbonyl (C=O) groups is 3. The van der Waals surface area contributed by atoms with E-state index < -0.39 is 5.54 Å². The molecule has 4 heterocycles. The SMILES string of the molecule is COc1ncccc1C(=O)N1CCC([C@]2(C)NC(=O)N(Cc3ccsc3)C2=O)CC1.